The number of halogens is 2. The maximum atomic E-state index is 13.0. The topological polar surface area (TPSA) is 90.4 Å². The molecule has 168 valence electrons. The van der Waals surface area contributed by atoms with Crippen LogP contribution < -0.4 is 5.01 Å². The zero-order chi connectivity index (χ0) is 22.9. The number of hydrazone groups is 1. The van der Waals surface area contributed by atoms with Crippen molar-refractivity contribution >= 4 is 60.8 Å². The third-order valence-corrected chi connectivity index (χ3v) is 8.02. The van der Waals surface area contributed by atoms with Gasteiger partial charge in [0.15, 0.2) is 0 Å². The molecule has 1 saturated heterocycles. The van der Waals surface area contributed by atoms with Gasteiger partial charge in [0.05, 0.1) is 10.6 Å². The van der Waals surface area contributed by atoms with Crippen LogP contribution in [0.15, 0.2) is 63.0 Å². The Kier molecular flexibility index (Phi) is 6.66. The smallest absolute Gasteiger partial charge is 0.270 e. The fraction of sp³-hybridized carbons (Fsp3) is 0.286. The Morgan fingerprint density at radius 2 is 1.56 bits per heavy atom. The van der Waals surface area contributed by atoms with Gasteiger partial charge in [-0.3, -0.25) is 9.59 Å². The molecule has 0 radical (unpaired) electrons. The number of carbonyl (C=O) groups is 2. The molecule has 1 fully saturated rings. The third-order valence-electron chi connectivity index (χ3n) is 5.33. The molecule has 2 aromatic carbocycles. The van der Waals surface area contributed by atoms with E-state index in [-0.39, 0.29) is 55.7 Å². The first-order valence-corrected chi connectivity index (χ1v) is 12.6. The summed E-state index contributed by atoms with van der Waals surface area (Å²) in [5, 5.41) is 6.03. The molecule has 0 N–H and O–H groups in total. The van der Waals surface area contributed by atoms with Gasteiger partial charge < -0.3 is 4.90 Å². The molecule has 0 atom stereocenters. The monoisotopic (exact) mass is 538 g/mol. The first-order chi connectivity index (χ1) is 15.3. The Bertz CT molecular complexity index is 1160. The zero-order valence-electron chi connectivity index (χ0n) is 16.9. The fourth-order valence-corrected chi connectivity index (χ4v) is 5.37. The van der Waals surface area contributed by atoms with E-state index in [1.54, 1.807) is 29.2 Å². The van der Waals surface area contributed by atoms with E-state index >= 15 is 0 Å². The van der Waals surface area contributed by atoms with Crippen LogP contribution >= 0.6 is 27.5 Å². The molecule has 2 aromatic rings. The molecule has 0 aliphatic carbocycles. The summed E-state index contributed by atoms with van der Waals surface area (Å²) < 4.78 is 27.9. The minimum absolute atomic E-state index is 0.169. The lowest BCUT2D eigenvalue weighted by Gasteiger charge is -2.35. The number of amides is 2. The predicted molar refractivity (Wildman–Crippen MR) is 125 cm³/mol. The van der Waals surface area contributed by atoms with Gasteiger partial charge in [0, 0.05) is 48.5 Å². The van der Waals surface area contributed by atoms with Gasteiger partial charge in [0.1, 0.15) is 5.71 Å². The largest absolute Gasteiger partial charge is 0.335 e. The minimum Gasteiger partial charge on any atom is -0.335 e. The predicted octanol–water partition coefficient (Wildman–Crippen LogP) is 3.12. The molecule has 0 spiro atoms. The molecule has 2 aliphatic heterocycles. The summed E-state index contributed by atoms with van der Waals surface area (Å²) in [6, 6.07) is 13.1. The van der Waals surface area contributed by atoms with Crippen molar-refractivity contribution in [3.8, 4) is 0 Å². The summed E-state index contributed by atoms with van der Waals surface area (Å²) in [6.45, 7) is 0.854. The fourth-order valence-electron chi connectivity index (χ4n) is 3.56. The first-order valence-electron chi connectivity index (χ1n) is 9.97. The lowest BCUT2D eigenvalue weighted by Crippen LogP contribution is -2.52. The van der Waals surface area contributed by atoms with Crippen molar-refractivity contribution in [2.24, 2.45) is 5.10 Å². The summed E-state index contributed by atoms with van der Waals surface area (Å²) in [5.74, 6) is -0.453. The highest BCUT2D eigenvalue weighted by molar-refractivity contribution is 9.10. The van der Waals surface area contributed by atoms with Gasteiger partial charge in [-0.25, -0.2) is 13.4 Å². The normalized spacial score (nSPS) is 17.9. The maximum absolute atomic E-state index is 13.0. The van der Waals surface area contributed by atoms with Crippen molar-refractivity contribution < 1.29 is 18.0 Å². The van der Waals surface area contributed by atoms with Gasteiger partial charge >= 0.3 is 0 Å². The lowest BCUT2D eigenvalue weighted by atomic mass is 10.1. The van der Waals surface area contributed by atoms with E-state index in [9.17, 15) is 18.0 Å². The molecule has 4 rings (SSSR count). The Labute approximate surface area is 199 Å². The molecule has 32 heavy (non-hydrogen) atoms. The van der Waals surface area contributed by atoms with Crippen molar-refractivity contribution in [2.45, 2.75) is 17.7 Å². The Hall–Kier alpha value is -2.27. The molecule has 2 amide bonds. The lowest BCUT2D eigenvalue weighted by molar-refractivity contribution is -0.125. The summed E-state index contributed by atoms with van der Waals surface area (Å²) in [7, 11) is -3.66. The number of rotatable bonds is 4. The van der Waals surface area contributed by atoms with Gasteiger partial charge in [0.2, 0.25) is 15.9 Å². The number of hydrogen-bond donors (Lipinski definition) is 0. The summed E-state index contributed by atoms with van der Waals surface area (Å²) in [4.78, 5) is 27.1. The van der Waals surface area contributed by atoms with E-state index in [0.717, 1.165) is 4.47 Å². The van der Waals surface area contributed by atoms with Gasteiger partial charge in [-0.1, -0.05) is 27.5 Å². The highest BCUT2D eigenvalue weighted by Gasteiger charge is 2.33. The Balaban J connectivity index is 1.45. The van der Waals surface area contributed by atoms with Gasteiger partial charge in [-0.15, -0.1) is 0 Å². The van der Waals surface area contributed by atoms with Crippen molar-refractivity contribution in [3.05, 3.63) is 58.0 Å². The zero-order valence-corrected chi connectivity index (χ0v) is 20.1. The van der Waals surface area contributed by atoms with Crippen LogP contribution in [-0.4, -0.2) is 61.3 Å². The highest BCUT2D eigenvalue weighted by atomic mass is 79.9. The summed E-state index contributed by atoms with van der Waals surface area (Å²) in [5.41, 5.74) is 0.878. The van der Waals surface area contributed by atoms with Gasteiger partial charge in [-0.2, -0.15) is 9.41 Å². The number of piperazine rings is 1. The number of sulfonamides is 1. The van der Waals surface area contributed by atoms with E-state index in [1.807, 2.05) is 0 Å². The van der Waals surface area contributed by atoms with E-state index in [4.69, 9.17) is 11.6 Å². The average molecular weight is 540 g/mol. The van der Waals surface area contributed by atoms with Crippen LogP contribution in [0, 0.1) is 0 Å². The summed E-state index contributed by atoms with van der Waals surface area (Å²) in [6.07, 6.45) is 0.444. The van der Waals surface area contributed by atoms with E-state index in [0.29, 0.717) is 16.4 Å². The van der Waals surface area contributed by atoms with Crippen LogP contribution in [-0.2, 0) is 19.6 Å². The minimum atomic E-state index is -3.66. The van der Waals surface area contributed by atoms with E-state index < -0.39 is 10.0 Å². The number of hydrogen-bond acceptors (Lipinski definition) is 5. The molecule has 0 unspecified atom stereocenters. The average Bonchev–Trinajstić information content (AvgIpc) is 2.80. The van der Waals surface area contributed by atoms with Gasteiger partial charge in [-0.05, 0) is 48.5 Å². The second kappa shape index (κ2) is 9.30. The molecule has 2 heterocycles. The molecule has 11 heteroatoms. The molecule has 2 aliphatic rings. The standard InChI is InChI=1S/C21H20BrClN4O4S/c22-15-1-5-17(6-2-15)27-20(28)10-9-19(24-27)21(29)25-11-13-26(14-12-25)32(30,31)18-7-3-16(23)4-8-18/h1-8H,9-14H2. The highest BCUT2D eigenvalue weighted by Crippen LogP contribution is 2.24. The van der Waals surface area contributed by atoms with Crippen LogP contribution in [0.2, 0.25) is 5.02 Å². The molecule has 0 aromatic heterocycles. The number of nitrogens with zero attached hydrogens (tertiary/aromatic N) is 4. The summed E-state index contributed by atoms with van der Waals surface area (Å²) >= 11 is 9.21. The quantitative estimate of drug-likeness (QED) is 0.597. The second-order valence-electron chi connectivity index (χ2n) is 7.38. The SMILES string of the molecule is O=C(C1=NN(c2ccc(Br)cc2)C(=O)CC1)N1CCN(S(=O)(=O)c2ccc(Cl)cc2)CC1. The molecular weight excluding hydrogens is 520 g/mol. The van der Waals surface area contributed by atoms with Crippen LogP contribution in [0.3, 0.4) is 0 Å². The number of anilines is 1. The third kappa shape index (κ3) is 4.73. The maximum Gasteiger partial charge on any atom is 0.270 e. The van der Waals surface area contributed by atoms with E-state index in [2.05, 4.69) is 21.0 Å². The van der Waals surface area contributed by atoms with Crippen LogP contribution in [0.5, 0.6) is 0 Å². The van der Waals surface area contributed by atoms with Crippen molar-refractivity contribution in [2.75, 3.05) is 31.2 Å². The second-order valence-corrected chi connectivity index (χ2v) is 10.7. The Morgan fingerprint density at radius 1 is 0.938 bits per heavy atom. The molecule has 0 saturated carbocycles. The molecule has 0 bridgehead atoms. The molecule has 8 nitrogen and oxygen atoms in total. The van der Waals surface area contributed by atoms with Crippen LogP contribution in [0.25, 0.3) is 0 Å². The van der Waals surface area contributed by atoms with Crippen molar-refractivity contribution in [1.82, 2.24) is 9.21 Å². The van der Waals surface area contributed by atoms with Crippen molar-refractivity contribution in [3.63, 3.8) is 0 Å². The Morgan fingerprint density at radius 3 is 2.19 bits per heavy atom. The number of carbonyl (C=O) groups excluding carboxylic acids is 2. The first kappa shape index (κ1) is 22.9. The van der Waals surface area contributed by atoms with Crippen molar-refractivity contribution in [1.29, 1.82) is 0 Å². The number of benzene rings is 2. The van der Waals surface area contributed by atoms with Crippen LogP contribution in [0.1, 0.15) is 12.8 Å². The van der Waals surface area contributed by atoms with Crippen LogP contribution in [0.4, 0.5) is 5.69 Å². The molecular formula is C21H20BrClN4O4S. The van der Waals surface area contributed by atoms with E-state index in [1.165, 1.54) is 33.6 Å². The van der Waals surface area contributed by atoms with Gasteiger partial charge in [0.25, 0.3) is 5.91 Å².